The second-order valence-corrected chi connectivity index (χ2v) is 7.54. The highest BCUT2D eigenvalue weighted by atomic mass is 16.6. The molecule has 0 saturated heterocycles. The van der Waals surface area contributed by atoms with Gasteiger partial charge in [0.1, 0.15) is 11.7 Å². The summed E-state index contributed by atoms with van der Waals surface area (Å²) in [4.78, 5) is 24.0. The summed E-state index contributed by atoms with van der Waals surface area (Å²) in [5.41, 5.74) is 0.292. The van der Waals surface area contributed by atoms with Crippen molar-refractivity contribution in [1.29, 1.82) is 0 Å². The van der Waals surface area contributed by atoms with E-state index in [4.69, 9.17) is 4.74 Å². The van der Waals surface area contributed by atoms with Crippen LogP contribution in [0.25, 0.3) is 6.08 Å². The summed E-state index contributed by atoms with van der Waals surface area (Å²) in [5, 5.41) is 13.3. The molecule has 0 aliphatic heterocycles. The minimum Gasteiger partial charge on any atom is -0.444 e. The van der Waals surface area contributed by atoms with Crippen LogP contribution in [-0.2, 0) is 4.74 Å². The van der Waals surface area contributed by atoms with E-state index >= 15 is 0 Å². The number of hydrogen-bond donors (Lipinski definition) is 2. The number of aliphatic hydroxyl groups excluding tert-OH is 1. The van der Waals surface area contributed by atoms with Gasteiger partial charge in [-0.05, 0) is 33.6 Å². The molecule has 0 radical (unpaired) electrons. The van der Waals surface area contributed by atoms with Gasteiger partial charge in [0.15, 0.2) is 5.43 Å². The Kier molecular flexibility index (Phi) is 8.36. The molecule has 0 aliphatic carbocycles. The third-order valence-corrected chi connectivity index (χ3v) is 3.97. The Morgan fingerprint density at radius 2 is 1.88 bits per heavy atom. The molecule has 142 valence electrons. The average molecular weight is 351 g/mol. The summed E-state index contributed by atoms with van der Waals surface area (Å²) >= 11 is 0. The largest absolute Gasteiger partial charge is 0.444 e. The number of carbonyl (C=O) groups excluding carboxylic acids is 1. The molecule has 0 heterocycles. The number of nitrogens with one attached hydrogen (secondary N) is 1. The Bertz CT molecular complexity index is 576. The van der Waals surface area contributed by atoms with E-state index in [1.165, 1.54) is 0 Å². The van der Waals surface area contributed by atoms with Crippen LogP contribution in [0.3, 0.4) is 0 Å². The van der Waals surface area contributed by atoms with Crippen LogP contribution >= 0.6 is 0 Å². The number of allylic oxidation sites excluding steroid dienone is 1. The van der Waals surface area contributed by atoms with Crippen LogP contribution in [0.1, 0.15) is 90.4 Å². The van der Waals surface area contributed by atoms with Crippen LogP contribution in [0, 0.1) is 0 Å². The zero-order valence-electron chi connectivity index (χ0n) is 16.2. The Balaban J connectivity index is 2.74. The van der Waals surface area contributed by atoms with Crippen molar-refractivity contribution in [2.75, 3.05) is 0 Å². The number of aliphatic hydroxyl groups is 1. The van der Waals surface area contributed by atoms with Gasteiger partial charge in [0, 0.05) is 11.1 Å². The van der Waals surface area contributed by atoms with Crippen LogP contribution in [0.4, 0.5) is 4.79 Å². The second-order valence-electron chi connectivity index (χ2n) is 7.54. The van der Waals surface area contributed by atoms with E-state index < -0.39 is 23.8 Å². The topological polar surface area (TPSA) is 75.6 Å². The van der Waals surface area contributed by atoms with E-state index in [1.807, 2.05) is 13.0 Å². The standard InChI is InChI=1S/C20H33NO4/c1-6-8-10-11-12-14-16(17(14)22)18(23)15(13-9-7-2)21-19(24)25-20(3,4)5/h11-12,15,18,23H,6-10,13H2,1-5H3,(H,21,24)/t15-,18+/m0/s1. The number of hydrogen-bond acceptors (Lipinski definition) is 4. The summed E-state index contributed by atoms with van der Waals surface area (Å²) in [6.45, 7) is 9.52. The summed E-state index contributed by atoms with van der Waals surface area (Å²) in [5.74, 6) is 0. The normalized spacial score (nSPS) is 14.8. The molecule has 0 spiro atoms. The number of rotatable bonds is 10. The molecule has 1 aromatic carbocycles. The SMILES string of the molecule is CCCCC=Cc1c([C@H](O)[C@H](CCCC)NC(=O)OC(C)(C)C)c1=O. The Labute approximate surface area is 151 Å². The minimum atomic E-state index is -0.989. The first-order valence-corrected chi connectivity index (χ1v) is 9.34. The van der Waals surface area contributed by atoms with Crippen LogP contribution in [0.2, 0.25) is 0 Å². The van der Waals surface area contributed by atoms with Crippen molar-refractivity contribution >= 4 is 12.2 Å². The molecule has 5 nitrogen and oxygen atoms in total. The summed E-state index contributed by atoms with van der Waals surface area (Å²) in [6.07, 6.45) is 7.70. The van der Waals surface area contributed by atoms with Crippen molar-refractivity contribution in [3.05, 3.63) is 27.4 Å². The fourth-order valence-corrected chi connectivity index (χ4v) is 2.57. The van der Waals surface area contributed by atoms with Crippen LogP contribution in [0.15, 0.2) is 10.9 Å². The first kappa shape index (κ1) is 21.4. The van der Waals surface area contributed by atoms with E-state index in [-0.39, 0.29) is 5.43 Å². The van der Waals surface area contributed by atoms with Crippen LogP contribution in [-0.4, -0.2) is 22.8 Å². The van der Waals surface area contributed by atoms with Crippen molar-refractivity contribution in [3.63, 3.8) is 0 Å². The molecule has 25 heavy (non-hydrogen) atoms. The molecular weight excluding hydrogens is 318 g/mol. The molecule has 0 unspecified atom stereocenters. The van der Waals surface area contributed by atoms with Gasteiger partial charge in [-0.1, -0.05) is 51.7 Å². The quantitative estimate of drug-likeness (QED) is 0.618. The van der Waals surface area contributed by atoms with Gasteiger partial charge in [-0.25, -0.2) is 4.79 Å². The Hall–Kier alpha value is -1.62. The van der Waals surface area contributed by atoms with Gasteiger partial charge < -0.3 is 15.2 Å². The van der Waals surface area contributed by atoms with E-state index in [0.29, 0.717) is 17.5 Å². The fraction of sp³-hybridized carbons (Fsp3) is 0.700. The molecule has 2 atom stereocenters. The smallest absolute Gasteiger partial charge is 0.407 e. The average Bonchev–Trinajstić information content (AvgIpc) is 3.15. The predicted molar refractivity (Wildman–Crippen MR) is 101 cm³/mol. The lowest BCUT2D eigenvalue weighted by molar-refractivity contribution is 0.0414. The number of unbranched alkanes of at least 4 members (excludes halogenated alkanes) is 3. The predicted octanol–water partition coefficient (Wildman–Crippen LogP) is 4.24. The molecule has 0 aliphatic rings. The maximum Gasteiger partial charge on any atom is 0.407 e. The molecule has 0 fully saturated rings. The van der Waals surface area contributed by atoms with Crippen molar-refractivity contribution in [3.8, 4) is 0 Å². The number of carbonyl (C=O) groups is 1. The summed E-state index contributed by atoms with van der Waals surface area (Å²) in [7, 11) is 0. The monoisotopic (exact) mass is 351 g/mol. The highest BCUT2D eigenvalue weighted by Crippen LogP contribution is 2.26. The molecule has 2 N–H and O–H groups in total. The van der Waals surface area contributed by atoms with Crippen molar-refractivity contribution in [2.24, 2.45) is 0 Å². The molecule has 1 amide bonds. The molecule has 0 bridgehead atoms. The van der Waals surface area contributed by atoms with Crippen LogP contribution < -0.4 is 10.7 Å². The van der Waals surface area contributed by atoms with Crippen LogP contribution in [0.5, 0.6) is 0 Å². The molecule has 0 aromatic heterocycles. The number of alkyl carbamates (subject to hydrolysis) is 1. The fourth-order valence-electron chi connectivity index (χ4n) is 2.57. The van der Waals surface area contributed by atoms with Gasteiger partial charge in [0.05, 0.1) is 6.04 Å². The van der Waals surface area contributed by atoms with Crippen molar-refractivity contribution in [2.45, 2.75) is 90.9 Å². The third kappa shape index (κ3) is 7.43. The van der Waals surface area contributed by atoms with Gasteiger partial charge in [-0.15, -0.1) is 0 Å². The summed E-state index contributed by atoms with van der Waals surface area (Å²) in [6, 6.07) is -0.518. The molecule has 1 rings (SSSR count). The lowest BCUT2D eigenvalue weighted by atomic mass is 10.0. The second kappa shape index (κ2) is 9.76. The molecular formula is C20H33NO4. The van der Waals surface area contributed by atoms with E-state index in [2.05, 4.69) is 12.2 Å². The highest BCUT2D eigenvalue weighted by Gasteiger charge is 2.33. The van der Waals surface area contributed by atoms with Gasteiger partial charge >= 0.3 is 6.09 Å². The molecule has 5 heteroatoms. The number of ether oxygens (including phenoxy) is 1. The van der Waals surface area contributed by atoms with E-state index in [9.17, 15) is 14.7 Å². The Morgan fingerprint density at radius 1 is 1.24 bits per heavy atom. The maximum atomic E-state index is 12.0. The molecule has 0 saturated carbocycles. The molecule has 1 aromatic rings. The lowest BCUT2D eigenvalue weighted by Gasteiger charge is -2.25. The first-order chi connectivity index (χ1) is 11.7. The Morgan fingerprint density at radius 3 is 2.44 bits per heavy atom. The van der Waals surface area contributed by atoms with Gasteiger partial charge in [0.2, 0.25) is 0 Å². The summed E-state index contributed by atoms with van der Waals surface area (Å²) < 4.78 is 5.27. The van der Waals surface area contributed by atoms with Gasteiger partial charge in [-0.2, -0.15) is 0 Å². The maximum absolute atomic E-state index is 12.0. The van der Waals surface area contributed by atoms with E-state index in [0.717, 1.165) is 32.1 Å². The van der Waals surface area contributed by atoms with Crippen molar-refractivity contribution in [1.82, 2.24) is 5.32 Å². The zero-order chi connectivity index (χ0) is 19.0. The third-order valence-electron chi connectivity index (χ3n) is 3.97. The van der Waals surface area contributed by atoms with Gasteiger partial charge in [-0.3, -0.25) is 4.79 Å². The minimum absolute atomic E-state index is 0.104. The van der Waals surface area contributed by atoms with E-state index in [1.54, 1.807) is 26.8 Å². The highest BCUT2D eigenvalue weighted by molar-refractivity contribution is 5.69. The van der Waals surface area contributed by atoms with Crippen molar-refractivity contribution < 1.29 is 14.6 Å². The van der Waals surface area contributed by atoms with Gasteiger partial charge in [0.25, 0.3) is 0 Å². The zero-order valence-corrected chi connectivity index (χ0v) is 16.2. The first-order valence-electron chi connectivity index (χ1n) is 9.34. The number of amides is 1. The lowest BCUT2D eigenvalue weighted by Crippen LogP contribution is -2.42.